The summed E-state index contributed by atoms with van der Waals surface area (Å²) < 4.78 is 0. The van der Waals surface area contributed by atoms with Crippen molar-refractivity contribution in [3.05, 3.63) is 27.3 Å². The molecule has 0 bridgehead atoms. The first-order valence-electron chi connectivity index (χ1n) is 5.59. The van der Waals surface area contributed by atoms with Gasteiger partial charge in [-0.25, -0.2) is 9.97 Å². The molecule has 0 saturated heterocycles. The summed E-state index contributed by atoms with van der Waals surface area (Å²) in [7, 11) is 0. The van der Waals surface area contributed by atoms with Crippen LogP contribution in [0.15, 0.2) is 12.3 Å². The number of hydrogen-bond donors (Lipinski definition) is 2. The molecular formula is C11H14ClN5S. The third kappa shape index (κ3) is 3.08. The van der Waals surface area contributed by atoms with Gasteiger partial charge >= 0.3 is 0 Å². The maximum atomic E-state index is 5.82. The molecule has 0 fully saturated rings. The quantitative estimate of drug-likeness (QED) is 0.844. The largest absolute Gasteiger partial charge is 0.368 e. The molecule has 0 radical (unpaired) electrons. The van der Waals surface area contributed by atoms with Crippen molar-refractivity contribution >= 4 is 34.7 Å². The van der Waals surface area contributed by atoms with E-state index in [2.05, 4.69) is 27.2 Å². The monoisotopic (exact) mass is 283 g/mol. The molecule has 0 aromatic carbocycles. The first kappa shape index (κ1) is 13.0. The lowest BCUT2D eigenvalue weighted by Crippen LogP contribution is -2.09. The Balaban J connectivity index is 2.12. The van der Waals surface area contributed by atoms with E-state index >= 15 is 0 Å². The van der Waals surface area contributed by atoms with E-state index in [1.807, 2.05) is 13.1 Å². The zero-order chi connectivity index (χ0) is 13.1. The van der Waals surface area contributed by atoms with Gasteiger partial charge in [-0.15, -0.1) is 11.3 Å². The Bertz CT molecular complexity index is 522. The fraction of sp³-hybridized carbons (Fsp3) is 0.364. The number of halogens is 1. The molecule has 2 rings (SSSR count). The second-order valence-electron chi connectivity index (χ2n) is 3.82. The number of nitrogens with one attached hydrogen (secondary N) is 1. The number of aromatic nitrogens is 3. The second-order valence-corrected chi connectivity index (χ2v) is 5.35. The van der Waals surface area contributed by atoms with E-state index in [-0.39, 0.29) is 12.0 Å². The van der Waals surface area contributed by atoms with Gasteiger partial charge in [0.2, 0.25) is 5.95 Å². The third-order valence-electron chi connectivity index (χ3n) is 2.37. The molecule has 96 valence electrons. The Morgan fingerprint density at radius 1 is 1.50 bits per heavy atom. The van der Waals surface area contributed by atoms with Crippen LogP contribution < -0.4 is 11.1 Å². The van der Waals surface area contributed by atoms with E-state index in [0.29, 0.717) is 11.0 Å². The van der Waals surface area contributed by atoms with Crippen LogP contribution in [0.5, 0.6) is 0 Å². The van der Waals surface area contributed by atoms with Crippen LogP contribution in [0.4, 0.5) is 11.8 Å². The van der Waals surface area contributed by atoms with Crippen LogP contribution in [0.25, 0.3) is 0 Å². The molecule has 5 nitrogen and oxygen atoms in total. The predicted octanol–water partition coefficient (Wildman–Crippen LogP) is 2.90. The van der Waals surface area contributed by atoms with Crippen LogP contribution in [0.3, 0.4) is 0 Å². The molecular weight excluding hydrogens is 270 g/mol. The SMILES string of the molecule is CCc1cnc(C(C)Nc2cc(Cl)nc(N)n2)s1. The molecule has 2 aromatic heterocycles. The van der Waals surface area contributed by atoms with Crippen LogP contribution in [0.1, 0.15) is 29.8 Å². The first-order valence-corrected chi connectivity index (χ1v) is 6.79. The van der Waals surface area contributed by atoms with E-state index in [1.54, 1.807) is 17.4 Å². The highest BCUT2D eigenvalue weighted by atomic mass is 35.5. The molecule has 7 heteroatoms. The van der Waals surface area contributed by atoms with Crippen molar-refractivity contribution in [2.24, 2.45) is 0 Å². The summed E-state index contributed by atoms with van der Waals surface area (Å²) in [6.45, 7) is 4.13. The van der Waals surface area contributed by atoms with Gasteiger partial charge in [0.25, 0.3) is 0 Å². The average Bonchev–Trinajstić information content (AvgIpc) is 2.75. The van der Waals surface area contributed by atoms with Crippen molar-refractivity contribution in [3.63, 3.8) is 0 Å². The van der Waals surface area contributed by atoms with Gasteiger partial charge < -0.3 is 11.1 Å². The Labute approximate surface area is 114 Å². The Hall–Kier alpha value is -1.40. The summed E-state index contributed by atoms with van der Waals surface area (Å²) >= 11 is 7.51. The lowest BCUT2D eigenvalue weighted by Gasteiger charge is -2.12. The predicted molar refractivity (Wildman–Crippen MR) is 75.0 cm³/mol. The van der Waals surface area contributed by atoms with Crippen LogP contribution in [0, 0.1) is 0 Å². The molecule has 0 aliphatic heterocycles. The van der Waals surface area contributed by atoms with Gasteiger partial charge in [0.1, 0.15) is 16.0 Å². The summed E-state index contributed by atoms with van der Waals surface area (Å²) in [6, 6.07) is 1.70. The molecule has 0 aliphatic carbocycles. The van der Waals surface area contributed by atoms with E-state index in [9.17, 15) is 0 Å². The van der Waals surface area contributed by atoms with Crippen LogP contribution in [0.2, 0.25) is 5.15 Å². The fourth-order valence-electron chi connectivity index (χ4n) is 1.48. The van der Waals surface area contributed by atoms with Gasteiger partial charge in [-0.1, -0.05) is 18.5 Å². The van der Waals surface area contributed by atoms with E-state index in [1.165, 1.54) is 4.88 Å². The van der Waals surface area contributed by atoms with E-state index in [0.717, 1.165) is 11.4 Å². The summed E-state index contributed by atoms with van der Waals surface area (Å²) in [4.78, 5) is 13.5. The zero-order valence-electron chi connectivity index (χ0n) is 10.1. The van der Waals surface area contributed by atoms with Gasteiger partial charge in [0.05, 0.1) is 6.04 Å². The van der Waals surface area contributed by atoms with Gasteiger partial charge in [0.15, 0.2) is 0 Å². The normalized spacial score (nSPS) is 12.4. The number of aryl methyl sites for hydroxylation is 1. The minimum atomic E-state index is 0.0562. The minimum absolute atomic E-state index is 0.0562. The number of rotatable bonds is 4. The summed E-state index contributed by atoms with van der Waals surface area (Å²) in [5.74, 6) is 0.763. The number of nitrogen functional groups attached to an aromatic ring is 1. The molecule has 2 heterocycles. The topological polar surface area (TPSA) is 76.7 Å². The standard InChI is InChI=1S/C11H14ClN5S/c1-3-7-5-14-10(18-7)6(2)15-9-4-8(12)16-11(13)17-9/h4-6H,3H2,1-2H3,(H3,13,15,16,17). The maximum Gasteiger partial charge on any atom is 0.223 e. The Kier molecular flexibility index (Phi) is 3.98. The second kappa shape index (κ2) is 5.49. The average molecular weight is 284 g/mol. The molecule has 0 spiro atoms. The highest BCUT2D eigenvalue weighted by Crippen LogP contribution is 2.24. The minimum Gasteiger partial charge on any atom is -0.368 e. The lowest BCUT2D eigenvalue weighted by atomic mass is 10.3. The third-order valence-corrected chi connectivity index (χ3v) is 3.88. The van der Waals surface area contributed by atoms with E-state index in [4.69, 9.17) is 17.3 Å². The number of thiazole rings is 1. The van der Waals surface area contributed by atoms with Crippen LogP contribution >= 0.6 is 22.9 Å². The van der Waals surface area contributed by atoms with Crippen molar-refractivity contribution in [1.82, 2.24) is 15.0 Å². The smallest absolute Gasteiger partial charge is 0.223 e. The summed E-state index contributed by atoms with van der Waals surface area (Å²) in [5.41, 5.74) is 5.54. The molecule has 1 unspecified atom stereocenters. The van der Waals surface area contributed by atoms with E-state index < -0.39 is 0 Å². The molecule has 3 N–H and O–H groups in total. The van der Waals surface area contributed by atoms with Crippen molar-refractivity contribution < 1.29 is 0 Å². The Morgan fingerprint density at radius 3 is 2.89 bits per heavy atom. The van der Waals surface area contributed by atoms with Crippen molar-refractivity contribution in [1.29, 1.82) is 0 Å². The number of hydrogen-bond acceptors (Lipinski definition) is 6. The first-order chi connectivity index (χ1) is 8.58. The molecule has 1 atom stereocenters. The summed E-state index contributed by atoms with van der Waals surface area (Å²) in [6.07, 6.45) is 2.90. The van der Waals surface area contributed by atoms with Crippen LogP contribution in [-0.2, 0) is 6.42 Å². The van der Waals surface area contributed by atoms with Gasteiger partial charge in [-0.05, 0) is 13.3 Å². The van der Waals surface area contributed by atoms with Gasteiger partial charge in [-0.3, -0.25) is 0 Å². The fourth-order valence-corrected chi connectivity index (χ4v) is 2.53. The molecule has 0 aliphatic rings. The number of nitrogens with zero attached hydrogens (tertiary/aromatic N) is 3. The van der Waals surface area contributed by atoms with Gasteiger partial charge in [-0.2, -0.15) is 4.98 Å². The molecule has 0 amide bonds. The van der Waals surface area contributed by atoms with Crippen LogP contribution in [-0.4, -0.2) is 15.0 Å². The molecule has 2 aromatic rings. The number of anilines is 2. The number of nitrogens with two attached hydrogens (primary N) is 1. The zero-order valence-corrected chi connectivity index (χ0v) is 11.7. The van der Waals surface area contributed by atoms with Crippen molar-refractivity contribution in [3.8, 4) is 0 Å². The molecule has 18 heavy (non-hydrogen) atoms. The van der Waals surface area contributed by atoms with Crippen molar-refractivity contribution in [2.75, 3.05) is 11.1 Å². The van der Waals surface area contributed by atoms with Gasteiger partial charge in [0, 0.05) is 17.1 Å². The van der Waals surface area contributed by atoms with Crippen molar-refractivity contribution in [2.45, 2.75) is 26.3 Å². The molecule has 0 saturated carbocycles. The Morgan fingerprint density at radius 2 is 2.28 bits per heavy atom. The summed E-state index contributed by atoms with van der Waals surface area (Å²) in [5, 5.41) is 4.55. The highest BCUT2D eigenvalue weighted by Gasteiger charge is 2.11. The maximum absolute atomic E-state index is 5.82. The highest BCUT2D eigenvalue weighted by molar-refractivity contribution is 7.11. The lowest BCUT2D eigenvalue weighted by molar-refractivity contribution is 0.859.